The van der Waals surface area contributed by atoms with Gasteiger partial charge in [-0.2, -0.15) is 5.10 Å². The monoisotopic (exact) mass is 278 g/mol. The van der Waals surface area contributed by atoms with Gasteiger partial charge in [-0.3, -0.25) is 4.68 Å². The van der Waals surface area contributed by atoms with Crippen molar-refractivity contribution in [2.24, 2.45) is 7.05 Å². The van der Waals surface area contributed by atoms with E-state index in [0.29, 0.717) is 5.69 Å². The van der Waals surface area contributed by atoms with Crippen molar-refractivity contribution in [3.8, 4) is 11.1 Å². The third kappa shape index (κ3) is 2.48. The fraction of sp³-hybridized carbons (Fsp3) is 0.118. The molecule has 4 heteroatoms. The van der Waals surface area contributed by atoms with Crippen molar-refractivity contribution in [3.63, 3.8) is 0 Å². The molecule has 0 atom stereocenters. The molecule has 0 amide bonds. The molecule has 1 aromatic heterocycles. The lowest BCUT2D eigenvalue weighted by atomic mass is 10.0. The fourth-order valence-corrected chi connectivity index (χ4v) is 2.41. The minimum atomic E-state index is 0.681. The summed E-state index contributed by atoms with van der Waals surface area (Å²) in [6.07, 6.45) is 0. The Hall–Kier alpha value is -2.75. The number of nitrogens with zero attached hydrogens (tertiary/aromatic N) is 2. The Kier molecular flexibility index (Phi) is 3.36. The van der Waals surface area contributed by atoms with E-state index in [1.807, 2.05) is 50.4 Å². The van der Waals surface area contributed by atoms with Gasteiger partial charge >= 0.3 is 0 Å². The molecule has 0 saturated heterocycles. The van der Waals surface area contributed by atoms with E-state index in [1.54, 1.807) is 4.68 Å². The first kappa shape index (κ1) is 13.2. The van der Waals surface area contributed by atoms with Crippen LogP contribution in [0.3, 0.4) is 0 Å². The summed E-state index contributed by atoms with van der Waals surface area (Å²) in [5.74, 6) is 0.816. The lowest BCUT2D eigenvalue weighted by Gasteiger charge is -2.13. The highest BCUT2D eigenvalue weighted by Crippen LogP contribution is 2.32. The quantitative estimate of drug-likeness (QED) is 0.767. The summed E-state index contributed by atoms with van der Waals surface area (Å²) >= 11 is 0. The van der Waals surface area contributed by atoms with Crippen LogP contribution in [0, 0.1) is 6.92 Å². The third-order valence-electron chi connectivity index (χ3n) is 3.53. The van der Waals surface area contributed by atoms with Gasteiger partial charge in [-0.15, -0.1) is 0 Å². The number of benzene rings is 2. The van der Waals surface area contributed by atoms with Crippen molar-refractivity contribution in [1.29, 1.82) is 0 Å². The molecule has 1 heterocycles. The van der Waals surface area contributed by atoms with Crippen molar-refractivity contribution in [1.82, 2.24) is 9.78 Å². The predicted octanol–water partition coefficient (Wildman–Crippen LogP) is 3.72. The van der Waals surface area contributed by atoms with Crippen molar-refractivity contribution in [2.75, 3.05) is 11.1 Å². The number of hydrogen-bond donors (Lipinski definition) is 2. The van der Waals surface area contributed by atoms with Crippen LogP contribution < -0.4 is 11.1 Å². The number of nitrogen functional groups attached to an aromatic ring is 1. The van der Waals surface area contributed by atoms with E-state index in [1.165, 1.54) is 0 Å². The molecule has 0 bridgehead atoms. The lowest BCUT2D eigenvalue weighted by molar-refractivity contribution is 0.765. The highest BCUT2D eigenvalue weighted by Gasteiger charge is 2.12. The molecule has 3 rings (SSSR count). The summed E-state index contributed by atoms with van der Waals surface area (Å²) in [6.45, 7) is 1.91. The molecule has 0 saturated carbocycles. The maximum Gasteiger partial charge on any atom is 0.152 e. The lowest BCUT2D eigenvalue weighted by Crippen LogP contribution is -2.02. The van der Waals surface area contributed by atoms with E-state index >= 15 is 0 Å². The fourth-order valence-electron chi connectivity index (χ4n) is 2.41. The zero-order chi connectivity index (χ0) is 14.8. The SMILES string of the molecule is Cc1nn(C)c(Nc2ccccc2-c2ccccc2)c1N. The first-order valence-electron chi connectivity index (χ1n) is 6.87. The molecule has 3 aromatic rings. The Morgan fingerprint density at radius 3 is 2.33 bits per heavy atom. The van der Waals surface area contributed by atoms with E-state index in [9.17, 15) is 0 Å². The Labute approximate surface area is 124 Å². The average Bonchev–Trinajstić information content (AvgIpc) is 2.75. The van der Waals surface area contributed by atoms with Crippen LogP contribution >= 0.6 is 0 Å². The first-order valence-corrected chi connectivity index (χ1v) is 6.87. The third-order valence-corrected chi connectivity index (χ3v) is 3.53. The van der Waals surface area contributed by atoms with Crippen LogP contribution in [0.2, 0.25) is 0 Å². The highest BCUT2D eigenvalue weighted by molar-refractivity contribution is 5.83. The zero-order valence-electron chi connectivity index (χ0n) is 12.2. The maximum absolute atomic E-state index is 6.09. The van der Waals surface area contributed by atoms with Crippen LogP contribution in [0.15, 0.2) is 54.6 Å². The molecule has 2 aromatic carbocycles. The van der Waals surface area contributed by atoms with Crippen LogP contribution in [-0.2, 0) is 7.05 Å². The molecule has 0 aliphatic heterocycles. The molecule has 3 N–H and O–H groups in total. The smallest absolute Gasteiger partial charge is 0.152 e. The molecule has 106 valence electrons. The average molecular weight is 278 g/mol. The van der Waals surface area contributed by atoms with E-state index < -0.39 is 0 Å². The molecule has 0 aliphatic rings. The standard InChI is InChI=1S/C17H18N4/c1-12-16(18)17(21(2)20-12)19-15-11-7-6-10-14(15)13-8-4-3-5-9-13/h3-11,19H,18H2,1-2H3. The predicted molar refractivity (Wildman–Crippen MR) is 87.5 cm³/mol. The zero-order valence-corrected chi connectivity index (χ0v) is 12.2. The molecule has 0 fully saturated rings. The summed E-state index contributed by atoms with van der Waals surface area (Å²) in [4.78, 5) is 0. The van der Waals surface area contributed by atoms with Crippen LogP contribution in [-0.4, -0.2) is 9.78 Å². The number of nitrogens with two attached hydrogens (primary N) is 1. The maximum atomic E-state index is 6.09. The Bertz CT molecular complexity index is 760. The molecule has 0 radical (unpaired) electrons. The molecule has 21 heavy (non-hydrogen) atoms. The van der Waals surface area contributed by atoms with Gasteiger partial charge in [0.1, 0.15) is 0 Å². The molecule has 0 spiro atoms. The van der Waals surface area contributed by atoms with Crippen molar-refractivity contribution >= 4 is 17.2 Å². The second kappa shape index (κ2) is 5.32. The van der Waals surface area contributed by atoms with Crippen molar-refractivity contribution in [3.05, 3.63) is 60.3 Å². The van der Waals surface area contributed by atoms with E-state index in [-0.39, 0.29) is 0 Å². The van der Waals surface area contributed by atoms with Crippen LogP contribution in [0.4, 0.5) is 17.2 Å². The summed E-state index contributed by atoms with van der Waals surface area (Å²) in [5, 5.41) is 7.74. The largest absolute Gasteiger partial charge is 0.394 e. The van der Waals surface area contributed by atoms with Gasteiger partial charge in [-0.25, -0.2) is 0 Å². The molecular formula is C17H18N4. The van der Waals surface area contributed by atoms with Gasteiger partial charge in [0, 0.05) is 18.3 Å². The van der Waals surface area contributed by atoms with Gasteiger partial charge in [0.05, 0.1) is 11.4 Å². The Morgan fingerprint density at radius 2 is 1.67 bits per heavy atom. The summed E-state index contributed by atoms with van der Waals surface area (Å²) in [6, 6.07) is 18.5. The van der Waals surface area contributed by atoms with Gasteiger partial charge in [0.25, 0.3) is 0 Å². The van der Waals surface area contributed by atoms with Gasteiger partial charge in [-0.1, -0.05) is 48.5 Å². The van der Waals surface area contributed by atoms with Crippen LogP contribution in [0.25, 0.3) is 11.1 Å². The molecule has 0 aliphatic carbocycles. The van der Waals surface area contributed by atoms with Crippen molar-refractivity contribution < 1.29 is 0 Å². The topological polar surface area (TPSA) is 55.9 Å². The van der Waals surface area contributed by atoms with E-state index in [0.717, 1.165) is 28.3 Å². The normalized spacial score (nSPS) is 10.6. The van der Waals surface area contributed by atoms with Gasteiger partial charge in [-0.05, 0) is 18.6 Å². The number of aryl methyl sites for hydroxylation is 2. The Morgan fingerprint density at radius 1 is 1.00 bits per heavy atom. The second-order valence-electron chi connectivity index (χ2n) is 5.01. The number of aromatic nitrogens is 2. The summed E-state index contributed by atoms with van der Waals surface area (Å²) in [5.41, 5.74) is 10.9. The van der Waals surface area contributed by atoms with Gasteiger partial charge in [0.15, 0.2) is 5.82 Å². The Balaban J connectivity index is 2.04. The molecule has 4 nitrogen and oxygen atoms in total. The summed E-state index contributed by atoms with van der Waals surface area (Å²) in [7, 11) is 1.89. The van der Waals surface area contributed by atoms with Crippen molar-refractivity contribution in [2.45, 2.75) is 6.92 Å². The number of nitrogens with one attached hydrogen (secondary N) is 1. The summed E-state index contributed by atoms with van der Waals surface area (Å²) < 4.78 is 1.77. The minimum Gasteiger partial charge on any atom is -0.394 e. The molecule has 0 unspecified atom stereocenters. The minimum absolute atomic E-state index is 0.681. The second-order valence-corrected chi connectivity index (χ2v) is 5.01. The number of anilines is 3. The number of hydrogen-bond acceptors (Lipinski definition) is 3. The molecular weight excluding hydrogens is 260 g/mol. The first-order chi connectivity index (χ1) is 10.2. The highest BCUT2D eigenvalue weighted by atomic mass is 15.3. The van der Waals surface area contributed by atoms with E-state index in [4.69, 9.17) is 5.73 Å². The van der Waals surface area contributed by atoms with Gasteiger partial charge in [0.2, 0.25) is 0 Å². The van der Waals surface area contributed by atoms with Gasteiger partial charge < -0.3 is 11.1 Å². The van der Waals surface area contributed by atoms with Crippen LogP contribution in [0.5, 0.6) is 0 Å². The number of rotatable bonds is 3. The number of para-hydroxylation sites is 1. The van der Waals surface area contributed by atoms with E-state index in [2.05, 4.69) is 28.6 Å². The van der Waals surface area contributed by atoms with Crippen LogP contribution in [0.1, 0.15) is 5.69 Å².